The predicted octanol–water partition coefficient (Wildman–Crippen LogP) is 2.01. The fourth-order valence-electron chi connectivity index (χ4n) is 2.03. The number of hydrogen-bond donors (Lipinski definition) is 1. The molecular formula is C14H20N4O2S. The van der Waals surface area contributed by atoms with Crippen LogP contribution in [-0.4, -0.2) is 25.0 Å². The van der Waals surface area contributed by atoms with Crippen molar-refractivity contribution in [2.45, 2.75) is 31.8 Å². The van der Waals surface area contributed by atoms with Crippen LogP contribution in [0.1, 0.15) is 19.2 Å². The Hall–Kier alpha value is -2.02. The van der Waals surface area contributed by atoms with Crippen LogP contribution in [0.2, 0.25) is 0 Å². The van der Waals surface area contributed by atoms with Gasteiger partial charge in [-0.15, -0.1) is 0 Å². The van der Waals surface area contributed by atoms with E-state index in [4.69, 9.17) is 5.73 Å². The molecule has 0 bridgehead atoms. The van der Waals surface area contributed by atoms with Crippen LogP contribution in [0.3, 0.4) is 0 Å². The van der Waals surface area contributed by atoms with Gasteiger partial charge in [0, 0.05) is 25.5 Å². The second kappa shape index (κ2) is 5.77. The summed E-state index contributed by atoms with van der Waals surface area (Å²) < 4.78 is 28.3. The molecule has 0 fully saturated rings. The fourth-order valence-corrected chi connectivity index (χ4v) is 3.22. The Labute approximate surface area is 125 Å². The first-order valence-corrected chi connectivity index (χ1v) is 8.18. The Morgan fingerprint density at radius 2 is 1.90 bits per heavy atom. The van der Waals surface area contributed by atoms with Gasteiger partial charge in [-0.3, -0.25) is 4.31 Å². The molecule has 0 aliphatic rings. The number of nitrogens with zero attached hydrogens (tertiary/aromatic N) is 3. The topological polar surface area (TPSA) is 81.2 Å². The molecule has 0 spiro atoms. The zero-order valence-electron chi connectivity index (χ0n) is 12.4. The quantitative estimate of drug-likeness (QED) is 0.857. The third kappa shape index (κ3) is 3.02. The van der Waals surface area contributed by atoms with E-state index in [2.05, 4.69) is 4.98 Å². The second-order valence-electron chi connectivity index (χ2n) is 4.88. The van der Waals surface area contributed by atoms with Gasteiger partial charge in [0.25, 0.3) is 10.0 Å². The van der Waals surface area contributed by atoms with Gasteiger partial charge in [-0.05, 0) is 37.6 Å². The van der Waals surface area contributed by atoms with Crippen molar-refractivity contribution in [1.29, 1.82) is 0 Å². The van der Waals surface area contributed by atoms with E-state index in [1.165, 1.54) is 11.4 Å². The number of imidazole rings is 1. The molecule has 21 heavy (non-hydrogen) atoms. The Balaban J connectivity index is 2.37. The van der Waals surface area contributed by atoms with Crippen LogP contribution in [-0.2, 0) is 16.6 Å². The van der Waals surface area contributed by atoms with Gasteiger partial charge in [0.2, 0.25) is 0 Å². The van der Waals surface area contributed by atoms with Gasteiger partial charge in [-0.1, -0.05) is 6.92 Å². The van der Waals surface area contributed by atoms with Gasteiger partial charge in [-0.2, -0.15) is 8.42 Å². The van der Waals surface area contributed by atoms with Crippen LogP contribution in [0.4, 0.5) is 11.4 Å². The fraction of sp³-hybridized carbons (Fsp3) is 0.357. The lowest BCUT2D eigenvalue weighted by Gasteiger charge is -2.18. The van der Waals surface area contributed by atoms with Crippen molar-refractivity contribution >= 4 is 21.4 Å². The molecule has 114 valence electrons. The number of hydrogen-bond acceptors (Lipinski definition) is 4. The molecule has 2 aromatic rings. The van der Waals surface area contributed by atoms with Crippen molar-refractivity contribution < 1.29 is 8.42 Å². The summed E-state index contributed by atoms with van der Waals surface area (Å²) in [6.07, 6.45) is 2.51. The molecule has 0 unspecified atom stereocenters. The van der Waals surface area contributed by atoms with Crippen molar-refractivity contribution in [3.05, 3.63) is 36.3 Å². The molecule has 7 heteroatoms. The van der Waals surface area contributed by atoms with E-state index < -0.39 is 10.0 Å². The van der Waals surface area contributed by atoms with Crippen LogP contribution < -0.4 is 10.0 Å². The molecule has 0 aliphatic heterocycles. The average molecular weight is 308 g/mol. The minimum atomic E-state index is -3.66. The standard InChI is InChI=1S/C14H20N4O2S/c1-4-9-18-10-14(16-11(18)2)21(19,20)17(3)13-7-5-12(15)6-8-13/h5-8,10H,4,9,15H2,1-3H3. The lowest BCUT2D eigenvalue weighted by Crippen LogP contribution is -2.26. The van der Waals surface area contributed by atoms with Crippen LogP contribution in [0.5, 0.6) is 0 Å². The van der Waals surface area contributed by atoms with E-state index in [0.717, 1.165) is 13.0 Å². The molecule has 0 saturated carbocycles. The molecule has 0 amide bonds. The van der Waals surface area contributed by atoms with Crippen LogP contribution in [0, 0.1) is 6.92 Å². The summed E-state index contributed by atoms with van der Waals surface area (Å²) in [5.74, 6) is 0.695. The summed E-state index contributed by atoms with van der Waals surface area (Å²) in [4.78, 5) is 4.17. The highest BCUT2D eigenvalue weighted by molar-refractivity contribution is 7.92. The van der Waals surface area contributed by atoms with E-state index >= 15 is 0 Å². The van der Waals surface area contributed by atoms with Gasteiger partial charge in [0.1, 0.15) is 5.82 Å². The number of anilines is 2. The Morgan fingerprint density at radius 1 is 1.29 bits per heavy atom. The second-order valence-corrected chi connectivity index (χ2v) is 6.80. The first-order chi connectivity index (χ1) is 9.86. The molecule has 0 aliphatic carbocycles. The highest BCUT2D eigenvalue weighted by Crippen LogP contribution is 2.22. The third-order valence-electron chi connectivity index (χ3n) is 3.30. The van der Waals surface area contributed by atoms with Crippen molar-refractivity contribution in [2.75, 3.05) is 17.1 Å². The number of aryl methyl sites for hydroxylation is 2. The first-order valence-electron chi connectivity index (χ1n) is 6.74. The van der Waals surface area contributed by atoms with Crippen molar-refractivity contribution in [2.24, 2.45) is 0 Å². The van der Waals surface area contributed by atoms with E-state index in [9.17, 15) is 8.42 Å². The summed E-state index contributed by atoms with van der Waals surface area (Å²) >= 11 is 0. The maximum atomic E-state index is 12.6. The summed E-state index contributed by atoms with van der Waals surface area (Å²) in [6.45, 7) is 4.59. The maximum absolute atomic E-state index is 12.6. The first kappa shape index (κ1) is 15.4. The predicted molar refractivity (Wildman–Crippen MR) is 83.7 cm³/mol. The van der Waals surface area contributed by atoms with E-state index in [1.54, 1.807) is 37.4 Å². The van der Waals surface area contributed by atoms with E-state index in [1.807, 2.05) is 11.5 Å². The Bertz CT molecular complexity index is 720. The normalized spacial score (nSPS) is 11.6. The monoisotopic (exact) mass is 308 g/mol. The largest absolute Gasteiger partial charge is 0.399 e. The maximum Gasteiger partial charge on any atom is 0.283 e. The molecular weight excluding hydrogens is 288 g/mol. The Morgan fingerprint density at radius 3 is 2.48 bits per heavy atom. The molecule has 2 N–H and O–H groups in total. The lowest BCUT2D eigenvalue weighted by molar-refractivity contribution is 0.590. The number of nitrogen functional groups attached to an aromatic ring is 1. The van der Waals surface area contributed by atoms with Crippen LogP contribution in [0.15, 0.2) is 35.5 Å². The van der Waals surface area contributed by atoms with Gasteiger partial charge in [-0.25, -0.2) is 4.98 Å². The smallest absolute Gasteiger partial charge is 0.283 e. The zero-order valence-corrected chi connectivity index (χ0v) is 13.3. The van der Waals surface area contributed by atoms with E-state index in [0.29, 0.717) is 17.2 Å². The number of benzene rings is 1. The third-order valence-corrected chi connectivity index (χ3v) is 4.96. The van der Waals surface area contributed by atoms with Gasteiger partial charge in [0.05, 0.1) is 5.69 Å². The van der Waals surface area contributed by atoms with E-state index in [-0.39, 0.29) is 5.03 Å². The molecule has 2 rings (SSSR count). The van der Waals surface area contributed by atoms with Crippen molar-refractivity contribution in [1.82, 2.24) is 9.55 Å². The summed E-state index contributed by atoms with van der Waals surface area (Å²) in [5, 5.41) is 0.0628. The molecule has 1 aromatic carbocycles. The molecule has 0 radical (unpaired) electrons. The van der Waals surface area contributed by atoms with Crippen LogP contribution in [0.25, 0.3) is 0 Å². The summed E-state index contributed by atoms with van der Waals surface area (Å²) in [6, 6.07) is 6.68. The summed E-state index contributed by atoms with van der Waals surface area (Å²) in [5.41, 5.74) is 6.76. The van der Waals surface area contributed by atoms with Gasteiger partial charge < -0.3 is 10.3 Å². The van der Waals surface area contributed by atoms with Crippen molar-refractivity contribution in [3.8, 4) is 0 Å². The summed E-state index contributed by atoms with van der Waals surface area (Å²) in [7, 11) is -2.16. The SMILES string of the molecule is CCCn1cc(S(=O)(=O)N(C)c2ccc(N)cc2)nc1C. The van der Waals surface area contributed by atoms with Gasteiger partial charge in [0.15, 0.2) is 5.03 Å². The average Bonchev–Trinajstić information content (AvgIpc) is 2.81. The zero-order chi connectivity index (χ0) is 15.6. The number of sulfonamides is 1. The number of nitrogens with two attached hydrogens (primary N) is 1. The van der Waals surface area contributed by atoms with Crippen LogP contribution >= 0.6 is 0 Å². The molecule has 1 heterocycles. The number of rotatable bonds is 5. The molecule has 0 atom stereocenters. The Kier molecular flexibility index (Phi) is 4.22. The molecule has 6 nitrogen and oxygen atoms in total. The van der Waals surface area contributed by atoms with Crippen molar-refractivity contribution in [3.63, 3.8) is 0 Å². The lowest BCUT2D eigenvalue weighted by atomic mass is 10.3. The minimum absolute atomic E-state index is 0.0628. The highest BCUT2D eigenvalue weighted by atomic mass is 32.2. The minimum Gasteiger partial charge on any atom is -0.399 e. The number of aromatic nitrogens is 2. The molecule has 0 saturated heterocycles. The highest BCUT2D eigenvalue weighted by Gasteiger charge is 2.25. The van der Waals surface area contributed by atoms with Gasteiger partial charge >= 0.3 is 0 Å². The molecule has 1 aromatic heterocycles.